The molecule has 0 N–H and O–H groups in total. The zero-order valence-corrected chi connectivity index (χ0v) is 9.71. The van der Waals surface area contributed by atoms with Crippen LogP contribution in [0.5, 0.6) is 0 Å². The van der Waals surface area contributed by atoms with Crippen molar-refractivity contribution >= 4 is 29.0 Å². The largest absolute Gasteiger partial charge is 0.277 e. The molecule has 82 valence electrons. The van der Waals surface area contributed by atoms with Crippen molar-refractivity contribution in [3.8, 4) is 0 Å². The Labute approximate surface area is 98.3 Å². The van der Waals surface area contributed by atoms with E-state index in [9.17, 15) is 9.59 Å². The number of likely N-dealkylation sites (N-methyl/N-ethyl adjacent to an activating group) is 1. The van der Waals surface area contributed by atoms with Crippen LogP contribution in [0.1, 0.15) is 11.1 Å². The number of nitrogens with zero attached hydrogens (tertiary/aromatic N) is 1. The number of benzene rings is 1. The first kappa shape index (κ1) is 10.9. The van der Waals surface area contributed by atoms with Gasteiger partial charge in [-0.3, -0.25) is 14.5 Å². The highest BCUT2D eigenvalue weighted by molar-refractivity contribution is 6.55. The summed E-state index contributed by atoms with van der Waals surface area (Å²) < 4.78 is 0. The van der Waals surface area contributed by atoms with Crippen molar-refractivity contribution in [2.75, 3.05) is 7.05 Å². The van der Waals surface area contributed by atoms with Gasteiger partial charge in [0.15, 0.2) is 0 Å². The normalized spacial score (nSPS) is 16.3. The Balaban J connectivity index is 2.52. The fraction of sp³-hybridized carbons (Fsp3) is 0.167. The maximum atomic E-state index is 11.8. The van der Waals surface area contributed by atoms with Gasteiger partial charge in [0.1, 0.15) is 5.03 Å². The van der Waals surface area contributed by atoms with Crippen molar-refractivity contribution in [3.63, 3.8) is 0 Å². The smallest absolute Gasteiger partial charge is 0.272 e. The molecule has 3 nitrogen and oxygen atoms in total. The molecule has 0 aliphatic carbocycles. The van der Waals surface area contributed by atoms with Crippen LogP contribution in [-0.2, 0) is 9.59 Å². The van der Waals surface area contributed by atoms with E-state index in [1.165, 1.54) is 7.05 Å². The Morgan fingerprint density at radius 2 is 1.62 bits per heavy atom. The maximum Gasteiger partial charge on any atom is 0.272 e. The molecule has 1 aliphatic heterocycles. The van der Waals surface area contributed by atoms with E-state index in [0.29, 0.717) is 5.56 Å². The summed E-state index contributed by atoms with van der Waals surface area (Å²) >= 11 is 5.86. The molecule has 1 aromatic rings. The number of amides is 2. The minimum atomic E-state index is -0.442. The van der Waals surface area contributed by atoms with Gasteiger partial charge in [0.05, 0.1) is 5.57 Å². The highest BCUT2D eigenvalue weighted by atomic mass is 35.5. The second-order valence-corrected chi connectivity index (χ2v) is 4.10. The van der Waals surface area contributed by atoms with E-state index >= 15 is 0 Å². The molecule has 16 heavy (non-hydrogen) atoms. The molecular weight excluding hydrogens is 226 g/mol. The van der Waals surface area contributed by atoms with Crippen molar-refractivity contribution in [2.24, 2.45) is 0 Å². The van der Waals surface area contributed by atoms with Gasteiger partial charge in [-0.05, 0) is 12.5 Å². The van der Waals surface area contributed by atoms with Crippen molar-refractivity contribution < 1.29 is 9.59 Å². The van der Waals surface area contributed by atoms with E-state index in [0.717, 1.165) is 10.5 Å². The zero-order valence-electron chi connectivity index (χ0n) is 8.95. The van der Waals surface area contributed by atoms with Gasteiger partial charge >= 0.3 is 0 Å². The van der Waals surface area contributed by atoms with Crippen LogP contribution in [0.3, 0.4) is 0 Å². The lowest BCUT2D eigenvalue weighted by Crippen LogP contribution is -2.26. The molecule has 0 aromatic heterocycles. The highest BCUT2D eigenvalue weighted by Crippen LogP contribution is 2.30. The van der Waals surface area contributed by atoms with E-state index in [1.54, 1.807) is 12.1 Å². The van der Waals surface area contributed by atoms with Crippen LogP contribution >= 0.6 is 11.6 Å². The molecule has 0 fully saturated rings. The van der Waals surface area contributed by atoms with Crippen LogP contribution in [-0.4, -0.2) is 23.8 Å². The van der Waals surface area contributed by atoms with Gasteiger partial charge in [-0.2, -0.15) is 0 Å². The second kappa shape index (κ2) is 3.76. The molecule has 0 radical (unpaired) electrons. The molecule has 0 spiro atoms. The first-order valence-electron chi connectivity index (χ1n) is 4.81. The monoisotopic (exact) mass is 235 g/mol. The summed E-state index contributed by atoms with van der Waals surface area (Å²) in [5.41, 5.74) is 2.05. The Morgan fingerprint density at radius 1 is 1.06 bits per heavy atom. The van der Waals surface area contributed by atoms with Crippen LogP contribution in [0.2, 0.25) is 0 Å². The van der Waals surface area contributed by atoms with Crippen LogP contribution in [0, 0.1) is 6.92 Å². The Hall–Kier alpha value is -1.61. The first-order chi connectivity index (χ1) is 7.52. The summed E-state index contributed by atoms with van der Waals surface area (Å²) in [4.78, 5) is 24.3. The van der Waals surface area contributed by atoms with Gasteiger partial charge in [-0.1, -0.05) is 41.4 Å². The number of imide groups is 1. The van der Waals surface area contributed by atoms with Gasteiger partial charge in [-0.15, -0.1) is 0 Å². The van der Waals surface area contributed by atoms with Crippen LogP contribution in [0.15, 0.2) is 29.3 Å². The number of halogens is 1. The number of aryl methyl sites for hydroxylation is 1. The lowest BCUT2D eigenvalue weighted by Gasteiger charge is -2.06. The number of hydrogen-bond acceptors (Lipinski definition) is 2. The first-order valence-corrected chi connectivity index (χ1v) is 5.19. The summed E-state index contributed by atoms with van der Waals surface area (Å²) in [6, 6.07) is 7.33. The summed E-state index contributed by atoms with van der Waals surface area (Å²) in [5.74, 6) is -0.791. The minimum Gasteiger partial charge on any atom is -0.277 e. The highest BCUT2D eigenvalue weighted by Gasteiger charge is 2.35. The molecule has 0 unspecified atom stereocenters. The summed E-state index contributed by atoms with van der Waals surface area (Å²) in [6.45, 7) is 1.95. The molecule has 0 bridgehead atoms. The van der Waals surface area contributed by atoms with Crippen molar-refractivity contribution in [2.45, 2.75) is 6.92 Å². The van der Waals surface area contributed by atoms with E-state index in [4.69, 9.17) is 11.6 Å². The van der Waals surface area contributed by atoms with Crippen LogP contribution in [0.25, 0.3) is 5.57 Å². The molecule has 0 atom stereocenters. The summed E-state index contributed by atoms with van der Waals surface area (Å²) in [7, 11) is 1.42. The molecule has 2 rings (SSSR count). The van der Waals surface area contributed by atoms with Crippen LogP contribution in [0.4, 0.5) is 0 Å². The average molecular weight is 236 g/mol. The predicted molar refractivity (Wildman–Crippen MR) is 61.7 cm³/mol. The van der Waals surface area contributed by atoms with Gasteiger partial charge in [0, 0.05) is 7.05 Å². The molecule has 1 aliphatic rings. The molecule has 1 heterocycles. The fourth-order valence-electron chi connectivity index (χ4n) is 1.58. The van der Waals surface area contributed by atoms with E-state index in [2.05, 4.69) is 0 Å². The Morgan fingerprint density at radius 3 is 2.06 bits per heavy atom. The van der Waals surface area contributed by atoms with Gasteiger partial charge in [-0.25, -0.2) is 0 Å². The lowest BCUT2D eigenvalue weighted by molar-refractivity contribution is -0.134. The third kappa shape index (κ3) is 1.53. The average Bonchev–Trinajstić information content (AvgIpc) is 2.46. The molecule has 0 saturated carbocycles. The molecule has 4 heteroatoms. The zero-order chi connectivity index (χ0) is 11.9. The number of rotatable bonds is 1. The van der Waals surface area contributed by atoms with Gasteiger partial charge in [0.25, 0.3) is 11.8 Å². The predicted octanol–water partition coefficient (Wildman–Crippen LogP) is 1.94. The van der Waals surface area contributed by atoms with Crippen molar-refractivity contribution in [1.29, 1.82) is 0 Å². The number of hydrogen-bond donors (Lipinski definition) is 0. The Bertz CT molecular complexity index is 502. The van der Waals surface area contributed by atoms with Gasteiger partial charge in [0.2, 0.25) is 0 Å². The lowest BCUT2D eigenvalue weighted by atomic mass is 10.0. The number of carbonyl (C=O) groups is 2. The molecule has 0 saturated heterocycles. The van der Waals surface area contributed by atoms with E-state index < -0.39 is 5.91 Å². The van der Waals surface area contributed by atoms with Gasteiger partial charge < -0.3 is 0 Å². The standard InChI is InChI=1S/C12H10ClNO2/c1-7-3-5-8(6-4-7)9-10(13)12(16)14(2)11(9)15/h3-6H,1-2H3. The van der Waals surface area contributed by atoms with E-state index in [1.807, 2.05) is 19.1 Å². The summed E-state index contributed by atoms with van der Waals surface area (Å²) in [5, 5.41) is -0.00338. The third-order valence-corrected chi connectivity index (χ3v) is 2.92. The summed E-state index contributed by atoms with van der Waals surface area (Å²) in [6.07, 6.45) is 0. The molecular formula is C12H10ClNO2. The topological polar surface area (TPSA) is 37.4 Å². The second-order valence-electron chi connectivity index (χ2n) is 3.72. The van der Waals surface area contributed by atoms with E-state index in [-0.39, 0.29) is 16.5 Å². The molecule has 1 aromatic carbocycles. The SMILES string of the molecule is Cc1ccc(C2=C(Cl)C(=O)N(C)C2=O)cc1. The van der Waals surface area contributed by atoms with Crippen molar-refractivity contribution in [3.05, 3.63) is 40.4 Å². The van der Waals surface area contributed by atoms with Crippen molar-refractivity contribution in [1.82, 2.24) is 4.90 Å². The minimum absolute atomic E-state index is 0.00338. The van der Waals surface area contributed by atoms with Crippen LogP contribution < -0.4 is 0 Å². The molecule has 2 amide bonds. The quantitative estimate of drug-likeness (QED) is 0.698. The Kier molecular flexibility index (Phi) is 2.56. The third-order valence-electron chi connectivity index (χ3n) is 2.57. The number of carbonyl (C=O) groups excluding carboxylic acids is 2. The fourth-order valence-corrected chi connectivity index (χ4v) is 1.90. The maximum absolute atomic E-state index is 11.8.